The molecule has 1 heterocycles. The van der Waals surface area contributed by atoms with E-state index in [1.165, 1.54) is 6.07 Å². The smallest absolute Gasteiger partial charge is 0.201 e. The molecule has 2 unspecified atom stereocenters. The summed E-state index contributed by atoms with van der Waals surface area (Å²) in [6.45, 7) is 13.2. The van der Waals surface area contributed by atoms with Crippen LogP contribution in [0.25, 0.3) is 0 Å². The van der Waals surface area contributed by atoms with E-state index in [0.29, 0.717) is 17.1 Å². The lowest BCUT2D eigenvalue weighted by Gasteiger charge is -2.25. The molecule has 29 heavy (non-hydrogen) atoms. The zero-order valence-corrected chi connectivity index (χ0v) is 17.5. The van der Waals surface area contributed by atoms with Crippen molar-refractivity contribution in [3.63, 3.8) is 0 Å². The number of fused-ring (bicyclic) bond motifs is 1. The zero-order chi connectivity index (χ0) is 21.7. The van der Waals surface area contributed by atoms with Crippen LogP contribution in [0.5, 0.6) is 5.75 Å². The molecular weight excluding hydrogens is 380 g/mol. The molecule has 0 amide bonds. The number of hydrogen-bond acceptors (Lipinski definition) is 1. The van der Waals surface area contributed by atoms with Gasteiger partial charge in [0.05, 0.1) is 6.67 Å². The Kier molecular flexibility index (Phi) is 8.12. The Hall–Kier alpha value is -2.04. The van der Waals surface area contributed by atoms with Crippen molar-refractivity contribution in [3.8, 4) is 5.75 Å². The fourth-order valence-corrected chi connectivity index (χ4v) is 3.36. The van der Waals surface area contributed by atoms with Gasteiger partial charge in [-0.3, -0.25) is 4.39 Å². The fourth-order valence-electron chi connectivity index (χ4n) is 3.36. The average molecular weight is 410 g/mol. The highest BCUT2D eigenvalue weighted by Gasteiger charge is 2.29. The van der Waals surface area contributed by atoms with Crippen LogP contribution in [0.2, 0.25) is 0 Å². The Balaban J connectivity index is 2.28. The molecule has 0 saturated carbocycles. The van der Waals surface area contributed by atoms with E-state index in [1.54, 1.807) is 0 Å². The van der Waals surface area contributed by atoms with E-state index in [9.17, 15) is 13.2 Å². The van der Waals surface area contributed by atoms with Gasteiger partial charge in [0.25, 0.3) is 0 Å². The first-order valence-corrected chi connectivity index (χ1v) is 10.2. The van der Waals surface area contributed by atoms with E-state index in [2.05, 4.69) is 27.0 Å². The summed E-state index contributed by atoms with van der Waals surface area (Å²) in [7, 11) is 0. The summed E-state index contributed by atoms with van der Waals surface area (Å²) in [6, 6.07) is 1.45. The van der Waals surface area contributed by atoms with Crippen LogP contribution in [0.15, 0.2) is 42.0 Å². The predicted octanol–water partition coefficient (Wildman–Crippen LogP) is 7.56. The molecule has 0 aromatic heterocycles. The van der Waals surface area contributed by atoms with Crippen LogP contribution in [-0.2, 0) is 12.8 Å². The van der Waals surface area contributed by atoms with Crippen molar-refractivity contribution in [1.82, 2.24) is 0 Å². The van der Waals surface area contributed by atoms with Gasteiger partial charge in [0, 0.05) is 12.0 Å². The summed E-state index contributed by atoms with van der Waals surface area (Å²) in [4.78, 5) is 0. The summed E-state index contributed by atoms with van der Waals surface area (Å²) >= 11 is 0. The number of benzene rings is 1. The molecule has 0 aliphatic carbocycles. The van der Waals surface area contributed by atoms with Gasteiger partial charge >= 0.3 is 0 Å². The maximum atomic E-state index is 15.1. The van der Waals surface area contributed by atoms with Crippen LogP contribution in [0.1, 0.15) is 57.6 Å². The summed E-state index contributed by atoms with van der Waals surface area (Å²) < 4.78 is 61.8. The first-order chi connectivity index (χ1) is 13.7. The van der Waals surface area contributed by atoms with E-state index >= 15 is 4.39 Å². The zero-order valence-electron chi connectivity index (χ0n) is 17.5. The van der Waals surface area contributed by atoms with E-state index in [4.69, 9.17) is 4.74 Å². The van der Waals surface area contributed by atoms with Crippen LogP contribution in [0.4, 0.5) is 17.6 Å². The third-order valence-electron chi connectivity index (χ3n) is 5.69. The number of halogens is 4. The van der Waals surface area contributed by atoms with Crippen LogP contribution in [-0.4, -0.2) is 6.67 Å². The highest BCUT2D eigenvalue weighted by atomic mass is 19.2. The third kappa shape index (κ3) is 5.31. The van der Waals surface area contributed by atoms with Gasteiger partial charge in [-0.2, -0.15) is 4.39 Å². The molecule has 0 bridgehead atoms. The second-order valence-corrected chi connectivity index (χ2v) is 7.99. The Bertz CT molecular complexity index is 810. The average Bonchev–Trinajstić information content (AvgIpc) is 2.71. The minimum Gasteiger partial charge on any atom is -0.450 e. The molecule has 160 valence electrons. The SMILES string of the molecule is C=C1Cc2cc(CCCF)c(F)c(F)c2O/C1=C(\F)C(=C)C(C)CCC(C)CC. The topological polar surface area (TPSA) is 9.23 Å². The molecule has 2 atom stereocenters. The molecule has 1 aliphatic heterocycles. The normalized spacial score (nSPS) is 17.4. The van der Waals surface area contributed by atoms with Gasteiger partial charge in [-0.1, -0.05) is 46.8 Å². The van der Waals surface area contributed by atoms with Crippen molar-refractivity contribution < 1.29 is 22.3 Å². The first kappa shape index (κ1) is 23.2. The van der Waals surface area contributed by atoms with Crippen LogP contribution in [0.3, 0.4) is 0 Å². The van der Waals surface area contributed by atoms with E-state index < -0.39 is 24.1 Å². The lowest BCUT2D eigenvalue weighted by molar-refractivity contribution is 0.350. The van der Waals surface area contributed by atoms with Crippen molar-refractivity contribution in [1.29, 1.82) is 0 Å². The highest BCUT2D eigenvalue weighted by Crippen LogP contribution is 2.40. The molecule has 0 spiro atoms. The molecule has 0 fully saturated rings. The predicted molar refractivity (Wildman–Crippen MR) is 109 cm³/mol. The van der Waals surface area contributed by atoms with Crippen molar-refractivity contribution in [2.75, 3.05) is 6.67 Å². The maximum absolute atomic E-state index is 15.1. The number of allylic oxidation sites excluding steroid dienone is 3. The van der Waals surface area contributed by atoms with Crippen LogP contribution < -0.4 is 4.74 Å². The van der Waals surface area contributed by atoms with Crippen LogP contribution in [0, 0.1) is 23.5 Å². The molecule has 0 N–H and O–H groups in total. The molecule has 1 aliphatic rings. The monoisotopic (exact) mass is 410 g/mol. The maximum Gasteiger partial charge on any atom is 0.201 e. The Labute approximate surface area is 171 Å². The van der Waals surface area contributed by atoms with Crippen LogP contribution >= 0.6 is 0 Å². The van der Waals surface area contributed by atoms with Gasteiger partial charge in [0.2, 0.25) is 5.82 Å². The van der Waals surface area contributed by atoms with Gasteiger partial charge in [0.1, 0.15) is 0 Å². The van der Waals surface area contributed by atoms with E-state index in [-0.39, 0.29) is 47.8 Å². The van der Waals surface area contributed by atoms with Crippen molar-refractivity contribution >= 4 is 0 Å². The Morgan fingerprint density at radius 3 is 2.52 bits per heavy atom. The quantitative estimate of drug-likeness (QED) is 0.382. The summed E-state index contributed by atoms with van der Waals surface area (Å²) in [5.41, 5.74) is 1.09. The van der Waals surface area contributed by atoms with Gasteiger partial charge in [0.15, 0.2) is 23.2 Å². The lowest BCUT2D eigenvalue weighted by Crippen LogP contribution is -2.16. The summed E-state index contributed by atoms with van der Waals surface area (Å²) in [6.07, 6.45) is 3.10. The lowest BCUT2D eigenvalue weighted by atomic mass is 9.89. The Morgan fingerprint density at radius 2 is 1.90 bits per heavy atom. The number of rotatable bonds is 9. The van der Waals surface area contributed by atoms with E-state index in [0.717, 1.165) is 19.3 Å². The molecule has 2 rings (SSSR count). The number of aryl methyl sites for hydroxylation is 1. The molecular formula is C24H30F4O. The second-order valence-electron chi connectivity index (χ2n) is 7.99. The summed E-state index contributed by atoms with van der Waals surface area (Å²) in [5, 5.41) is 0. The van der Waals surface area contributed by atoms with Crippen molar-refractivity contribution in [3.05, 3.63) is 64.7 Å². The van der Waals surface area contributed by atoms with E-state index in [1.807, 2.05) is 6.92 Å². The van der Waals surface area contributed by atoms with Gasteiger partial charge < -0.3 is 4.74 Å². The Morgan fingerprint density at radius 1 is 1.21 bits per heavy atom. The van der Waals surface area contributed by atoms with Gasteiger partial charge in [-0.15, -0.1) is 0 Å². The number of ether oxygens (including phenoxy) is 1. The minimum atomic E-state index is -1.18. The highest BCUT2D eigenvalue weighted by molar-refractivity contribution is 5.51. The standard InChI is InChI=1S/C24H30F4O/c1-6-14(2)9-10-15(3)17(5)20(26)23-16(4)12-19-13-18(8-7-11-25)21(27)22(28)24(19)29-23/h13-15H,4-12H2,1-3H3/b23-20-. The number of alkyl halides is 1. The van der Waals surface area contributed by atoms with Crippen molar-refractivity contribution in [2.45, 2.75) is 59.3 Å². The molecule has 1 aromatic rings. The second kappa shape index (κ2) is 10.1. The molecule has 0 radical (unpaired) electrons. The number of hydrogen-bond donors (Lipinski definition) is 0. The molecule has 0 saturated heterocycles. The molecule has 5 heteroatoms. The fraction of sp³-hybridized carbons (Fsp3) is 0.500. The minimum absolute atomic E-state index is 0.0839. The van der Waals surface area contributed by atoms with Gasteiger partial charge in [-0.05, 0) is 53.9 Å². The third-order valence-corrected chi connectivity index (χ3v) is 5.69. The summed E-state index contributed by atoms with van der Waals surface area (Å²) in [5.74, 6) is -3.01. The van der Waals surface area contributed by atoms with Gasteiger partial charge in [-0.25, -0.2) is 8.78 Å². The largest absolute Gasteiger partial charge is 0.450 e. The molecule has 1 aromatic carbocycles. The van der Waals surface area contributed by atoms with Crippen molar-refractivity contribution in [2.24, 2.45) is 11.8 Å². The molecule has 1 nitrogen and oxygen atoms in total. The first-order valence-electron chi connectivity index (χ1n) is 10.2.